The fourth-order valence-corrected chi connectivity index (χ4v) is 3.51. The van der Waals surface area contributed by atoms with E-state index in [-0.39, 0.29) is 0 Å². The fourth-order valence-electron chi connectivity index (χ4n) is 3.51. The second kappa shape index (κ2) is 8.27. The maximum Gasteiger partial charge on any atom is 0.177 e. The number of benzene rings is 1. The van der Waals surface area contributed by atoms with Crippen LogP contribution in [0.2, 0.25) is 0 Å². The van der Waals surface area contributed by atoms with Crippen molar-refractivity contribution in [1.29, 1.82) is 0 Å². The summed E-state index contributed by atoms with van der Waals surface area (Å²) in [6, 6.07) is 12.8. The minimum Gasteiger partial charge on any atom is -0.365 e. The number of anilines is 1. The predicted octanol–water partition coefficient (Wildman–Crippen LogP) is 3.50. The van der Waals surface area contributed by atoms with Crippen LogP contribution in [-0.4, -0.2) is 37.8 Å². The number of rotatable bonds is 5. The van der Waals surface area contributed by atoms with E-state index in [0.717, 1.165) is 24.6 Å². The van der Waals surface area contributed by atoms with E-state index in [4.69, 9.17) is 0 Å². The highest BCUT2D eigenvalue weighted by molar-refractivity contribution is 5.43. The summed E-state index contributed by atoms with van der Waals surface area (Å²) in [5.41, 5.74) is 3.41. The first-order chi connectivity index (χ1) is 12.9. The van der Waals surface area contributed by atoms with E-state index in [1.54, 1.807) is 10.8 Å². The summed E-state index contributed by atoms with van der Waals surface area (Å²) in [6.45, 7) is 4.30. The van der Waals surface area contributed by atoms with Gasteiger partial charge in [0, 0.05) is 13.1 Å². The lowest BCUT2D eigenvalue weighted by atomic mass is 10.1. The minimum absolute atomic E-state index is 0.754. The minimum atomic E-state index is 0.754. The van der Waals surface area contributed by atoms with Crippen molar-refractivity contribution in [2.24, 2.45) is 0 Å². The third-order valence-corrected chi connectivity index (χ3v) is 5.01. The normalized spacial score (nSPS) is 16.3. The number of aromatic nitrogens is 4. The summed E-state index contributed by atoms with van der Waals surface area (Å²) in [4.78, 5) is 2.60. The van der Waals surface area contributed by atoms with Crippen LogP contribution in [-0.2, 0) is 13.1 Å². The third-order valence-electron chi connectivity index (χ3n) is 5.01. The van der Waals surface area contributed by atoms with Crippen LogP contribution in [0.1, 0.15) is 43.2 Å². The lowest BCUT2D eigenvalue weighted by Gasteiger charge is -2.24. The van der Waals surface area contributed by atoms with Crippen molar-refractivity contribution in [3.63, 3.8) is 0 Å². The molecule has 136 valence electrons. The van der Waals surface area contributed by atoms with Crippen molar-refractivity contribution in [3.05, 3.63) is 53.9 Å². The van der Waals surface area contributed by atoms with Gasteiger partial charge in [-0.25, -0.2) is 0 Å². The molecule has 1 aliphatic rings. The van der Waals surface area contributed by atoms with Gasteiger partial charge in [0.15, 0.2) is 5.65 Å². The van der Waals surface area contributed by atoms with Crippen molar-refractivity contribution >= 4 is 11.5 Å². The zero-order chi connectivity index (χ0) is 17.6. The molecule has 4 rings (SSSR count). The number of nitrogens with zero attached hydrogens (tertiary/aromatic N) is 5. The quantitative estimate of drug-likeness (QED) is 0.763. The highest BCUT2D eigenvalue weighted by Gasteiger charge is 2.08. The Kier molecular flexibility index (Phi) is 5.40. The van der Waals surface area contributed by atoms with E-state index in [9.17, 15) is 0 Å². The Morgan fingerprint density at radius 1 is 0.846 bits per heavy atom. The highest BCUT2D eigenvalue weighted by Crippen LogP contribution is 2.14. The molecule has 0 bridgehead atoms. The van der Waals surface area contributed by atoms with Gasteiger partial charge in [-0.1, -0.05) is 43.5 Å². The van der Waals surface area contributed by atoms with Crippen LogP contribution in [0.25, 0.3) is 5.65 Å². The molecule has 6 heteroatoms. The zero-order valence-corrected chi connectivity index (χ0v) is 15.1. The van der Waals surface area contributed by atoms with E-state index < -0.39 is 0 Å². The lowest BCUT2D eigenvalue weighted by Crippen LogP contribution is -2.26. The molecule has 1 aromatic carbocycles. The van der Waals surface area contributed by atoms with E-state index in [2.05, 4.69) is 49.8 Å². The molecular formula is C20H26N6. The van der Waals surface area contributed by atoms with Gasteiger partial charge in [0.2, 0.25) is 0 Å². The second-order valence-electron chi connectivity index (χ2n) is 7.07. The van der Waals surface area contributed by atoms with Crippen molar-refractivity contribution in [3.8, 4) is 0 Å². The maximum absolute atomic E-state index is 4.44. The SMILES string of the molecule is c1cc(CN2CCCCCCC2)ccc1CNc1ccc2nncn2n1. The van der Waals surface area contributed by atoms with Crippen LogP contribution < -0.4 is 5.32 Å². The first kappa shape index (κ1) is 17.0. The molecule has 0 atom stereocenters. The fraction of sp³-hybridized carbons (Fsp3) is 0.450. The molecule has 1 aliphatic heterocycles. The third kappa shape index (κ3) is 4.38. The van der Waals surface area contributed by atoms with E-state index in [1.165, 1.54) is 56.3 Å². The molecule has 0 spiro atoms. The van der Waals surface area contributed by atoms with Crippen LogP contribution in [0.3, 0.4) is 0 Å². The van der Waals surface area contributed by atoms with Gasteiger partial charge < -0.3 is 5.32 Å². The Morgan fingerprint density at radius 2 is 1.58 bits per heavy atom. The average Bonchev–Trinajstić information content (AvgIpc) is 3.11. The largest absolute Gasteiger partial charge is 0.365 e. The molecule has 3 aromatic rings. The first-order valence-corrected chi connectivity index (χ1v) is 9.58. The maximum atomic E-state index is 4.44. The molecule has 0 unspecified atom stereocenters. The monoisotopic (exact) mass is 350 g/mol. The molecular weight excluding hydrogens is 324 g/mol. The highest BCUT2D eigenvalue weighted by atomic mass is 15.4. The molecule has 1 fully saturated rings. The van der Waals surface area contributed by atoms with Gasteiger partial charge in [-0.05, 0) is 49.2 Å². The number of likely N-dealkylation sites (tertiary alicyclic amines) is 1. The summed E-state index contributed by atoms with van der Waals surface area (Å²) in [6.07, 6.45) is 8.47. The topological polar surface area (TPSA) is 58.3 Å². The van der Waals surface area contributed by atoms with Gasteiger partial charge in [0.05, 0.1) is 0 Å². The molecule has 0 radical (unpaired) electrons. The summed E-state index contributed by atoms with van der Waals surface area (Å²) >= 11 is 0. The van der Waals surface area contributed by atoms with Gasteiger partial charge in [0.25, 0.3) is 0 Å². The standard InChI is InChI=1S/C20H26N6/c1-2-4-12-25(13-5-3-1)15-18-8-6-17(7-9-18)14-21-19-10-11-20-23-22-16-26(20)24-19/h6-11,16H,1-5,12-15H2,(H,21,24). The number of hydrogen-bond donors (Lipinski definition) is 1. The van der Waals surface area contributed by atoms with Crippen LogP contribution in [0.4, 0.5) is 5.82 Å². The molecule has 0 amide bonds. The van der Waals surface area contributed by atoms with Crippen molar-refractivity contribution in [1.82, 2.24) is 24.7 Å². The molecule has 2 aromatic heterocycles. The summed E-state index contributed by atoms with van der Waals surface area (Å²) < 4.78 is 1.68. The zero-order valence-electron chi connectivity index (χ0n) is 15.1. The van der Waals surface area contributed by atoms with Crippen LogP contribution in [0.15, 0.2) is 42.7 Å². The van der Waals surface area contributed by atoms with Gasteiger partial charge in [-0.3, -0.25) is 4.90 Å². The van der Waals surface area contributed by atoms with Crippen LogP contribution in [0.5, 0.6) is 0 Å². The Bertz CT molecular complexity index is 818. The molecule has 26 heavy (non-hydrogen) atoms. The van der Waals surface area contributed by atoms with Crippen LogP contribution in [0, 0.1) is 0 Å². The first-order valence-electron chi connectivity index (χ1n) is 9.58. The molecule has 0 saturated carbocycles. The summed E-state index contributed by atoms with van der Waals surface area (Å²) in [5.74, 6) is 0.821. The Hall–Kier alpha value is -2.47. The second-order valence-corrected chi connectivity index (χ2v) is 7.07. The van der Waals surface area contributed by atoms with Crippen molar-refractivity contribution in [2.45, 2.75) is 45.2 Å². The number of hydrogen-bond acceptors (Lipinski definition) is 5. The summed E-state index contributed by atoms with van der Waals surface area (Å²) in [5, 5.41) is 15.6. The van der Waals surface area contributed by atoms with E-state index in [0.29, 0.717) is 0 Å². The molecule has 0 aliphatic carbocycles. The van der Waals surface area contributed by atoms with Crippen molar-refractivity contribution in [2.75, 3.05) is 18.4 Å². The molecule has 6 nitrogen and oxygen atoms in total. The lowest BCUT2D eigenvalue weighted by molar-refractivity contribution is 0.240. The number of nitrogens with one attached hydrogen (secondary N) is 1. The Balaban J connectivity index is 1.32. The molecule has 1 N–H and O–H groups in total. The summed E-state index contributed by atoms with van der Waals surface area (Å²) in [7, 11) is 0. The Labute approximate surface area is 154 Å². The van der Waals surface area contributed by atoms with Gasteiger partial charge in [-0.2, -0.15) is 4.52 Å². The number of fused-ring (bicyclic) bond motifs is 1. The van der Waals surface area contributed by atoms with Gasteiger partial charge >= 0.3 is 0 Å². The van der Waals surface area contributed by atoms with Gasteiger partial charge in [0.1, 0.15) is 12.1 Å². The Morgan fingerprint density at radius 3 is 2.38 bits per heavy atom. The smallest absolute Gasteiger partial charge is 0.177 e. The predicted molar refractivity (Wildman–Crippen MR) is 103 cm³/mol. The van der Waals surface area contributed by atoms with Crippen LogP contribution >= 0.6 is 0 Å². The molecule has 1 saturated heterocycles. The van der Waals surface area contributed by atoms with E-state index in [1.807, 2.05) is 12.1 Å². The van der Waals surface area contributed by atoms with E-state index >= 15 is 0 Å². The molecule has 3 heterocycles. The van der Waals surface area contributed by atoms with Gasteiger partial charge in [-0.15, -0.1) is 15.3 Å². The van der Waals surface area contributed by atoms with Crippen molar-refractivity contribution < 1.29 is 0 Å². The average molecular weight is 350 g/mol.